The lowest BCUT2D eigenvalue weighted by molar-refractivity contribution is 0.0886. The van der Waals surface area contributed by atoms with Gasteiger partial charge in [0.05, 0.1) is 13.7 Å². The van der Waals surface area contributed by atoms with E-state index >= 15 is 0 Å². The molecule has 1 N–H and O–H groups in total. The molecule has 1 aliphatic carbocycles. The molecule has 2 rings (SSSR count). The van der Waals surface area contributed by atoms with Gasteiger partial charge in [-0.3, -0.25) is 0 Å². The van der Waals surface area contributed by atoms with Crippen LogP contribution in [-0.2, 0) is 11.3 Å². The maximum absolute atomic E-state index is 8.81. The lowest BCUT2D eigenvalue weighted by atomic mass is 10.1. The van der Waals surface area contributed by atoms with E-state index in [0.29, 0.717) is 12.5 Å². The first-order chi connectivity index (χ1) is 9.83. The first kappa shape index (κ1) is 14.9. The minimum Gasteiger partial charge on any atom is -0.497 e. The van der Waals surface area contributed by atoms with E-state index < -0.39 is 0 Å². The Hall–Kier alpha value is -1.50. The van der Waals surface area contributed by atoms with Gasteiger partial charge in [0, 0.05) is 12.2 Å². The molecule has 1 saturated carbocycles. The van der Waals surface area contributed by atoms with Crippen LogP contribution >= 0.6 is 0 Å². The molecule has 0 saturated heterocycles. The van der Waals surface area contributed by atoms with Crippen LogP contribution in [-0.4, -0.2) is 25.4 Å². The first-order valence-corrected chi connectivity index (χ1v) is 7.18. The molecule has 3 heteroatoms. The normalized spacial score (nSPS) is 14.9. The molecular formula is C17H22O3. The van der Waals surface area contributed by atoms with Crippen molar-refractivity contribution in [3.8, 4) is 17.6 Å². The van der Waals surface area contributed by atoms with E-state index in [0.717, 1.165) is 23.5 Å². The van der Waals surface area contributed by atoms with Crippen LogP contribution in [0.5, 0.6) is 5.75 Å². The summed E-state index contributed by atoms with van der Waals surface area (Å²) in [5.74, 6) is 7.16. The zero-order valence-electron chi connectivity index (χ0n) is 12.0. The van der Waals surface area contributed by atoms with Crippen LogP contribution in [0.4, 0.5) is 0 Å². The molecule has 0 atom stereocenters. The highest BCUT2D eigenvalue weighted by Crippen LogP contribution is 2.25. The summed E-state index contributed by atoms with van der Waals surface area (Å²) in [6.45, 7) is 1.24. The van der Waals surface area contributed by atoms with Crippen molar-refractivity contribution in [3.05, 3.63) is 29.3 Å². The van der Waals surface area contributed by atoms with Gasteiger partial charge in [-0.05, 0) is 42.5 Å². The van der Waals surface area contributed by atoms with Crippen molar-refractivity contribution in [2.24, 2.45) is 5.92 Å². The van der Waals surface area contributed by atoms with Crippen molar-refractivity contribution < 1.29 is 14.6 Å². The summed E-state index contributed by atoms with van der Waals surface area (Å²) in [5.41, 5.74) is 1.91. The summed E-state index contributed by atoms with van der Waals surface area (Å²) in [6.07, 6.45) is 5.24. The zero-order chi connectivity index (χ0) is 14.2. The minimum absolute atomic E-state index is 0.131. The molecule has 0 spiro atoms. The zero-order valence-corrected chi connectivity index (χ0v) is 12.0. The Bertz CT molecular complexity index is 479. The lowest BCUT2D eigenvalue weighted by Gasteiger charge is -2.12. The fraction of sp³-hybridized carbons (Fsp3) is 0.529. The van der Waals surface area contributed by atoms with E-state index in [-0.39, 0.29) is 6.61 Å². The van der Waals surface area contributed by atoms with E-state index in [1.807, 2.05) is 18.2 Å². The third kappa shape index (κ3) is 4.26. The minimum atomic E-state index is -0.131. The second kappa shape index (κ2) is 7.94. The van der Waals surface area contributed by atoms with Crippen molar-refractivity contribution in [1.82, 2.24) is 0 Å². The second-order valence-electron chi connectivity index (χ2n) is 5.15. The summed E-state index contributed by atoms with van der Waals surface area (Å²) >= 11 is 0. The topological polar surface area (TPSA) is 38.7 Å². The van der Waals surface area contributed by atoms with Crippen molar-refractivity contribution in [1.29, 1.82) is 0 Å². The molecule has 0 aliphatic heterocycles. The number of aliphatic hydroxyl groups excluding tert-OH is 1. The smallest absolute Gasteiger partial charge is 0.119 e. The summed E-state index contributed by atoms with van der Waals surface area (Å²) in [4.78, 5) is 0. The average molecular weight is 274 g/mol. The standard InChI is InChI=1S/C17H22O3/c1-19-17-9-8-15(7-4-10-18)16(11-17)13-20-12-14-5-2-3-6-14/h8-9,11,14,18H,2-3,5-6,10,12-13H2,1H3. The van der Waals surface area contributed by atoms with Crippen molar-refractivity contribution in [3.63, 3.8) is 0 Å². The summed E-state index contributed by atoms with van der Waals surface area (Å²) in [5, 5.41) is 8.81. The van der Waals surface area contributed by atoms with Crippen LogP contribution in [0, 0.1) is 17.8 Å². The van der Waals surface area contributed by atoms with Gasteiger partial charge in [-0.25, -0.2) is 0 Å². The van der Waals surface area contributed by atoms with Crippen LogP contribution in [0.2, 0.25) is 0 Å². The largest absolute Gasteiger partial charge is 0.497 e. The predicted molar refractivity (Wildman–Crippen MR) is 78.6 cm³/mol. The SMILES string of the molecule is COc1ccc(C#CCO)c(COCC2CCCC2)c1. The van der Waals surface area contributed by atoms with E-state index in [1.165, 1.54) is 25.7 Å². The molecule has 0 bridgehead atoms. The molecule has 1 fully saturated rings. The average Bonchev–Trinajstić information content (AvgIpc) is 2.99. The maximum atomic E-state index is 8.81. The number of hydrogen-bond donors (Lipinski definition) is 1. The summed E-state index contributed by atoms with van der Waals surface area (Å²) in [7, 11) is 1.65. The van der Waals surface area contributed by atoms with Gasteiger partial charge < -0.3 is 14.6 Å². The molecule has 0 radical (unpaired) electrons. The van der Waals surface area contributed by atoms with Crippen molar-refractivity contribution in [2.75, 3.05) is 20.3 Å². The molecule has 0 amide bonds. The Morgan fingerprint density at radius 2 is 2.10 bits per heavy atom. The Balaban J connectivity index is 1.99. The highest BCUT2D eigenvalue weighted by molar-refractivity contribution is 5.45. The van der Waals surface area contributed by atoms with Gasteiger partial charge in [0.1, 0.15) is 12.4 Å². The van der Waals surface area contributed by atoms with Crippen LogP contribution in [0.3, 0.4) is 0 Å². The fourth-order valence-electron chi connectivity index (χ4n) is 2.59. The number of aliphatic hydroxyl groups is 1. The summed E-state index contributed by atoms with van der Waals surface area (Å²) < 4.78 is 11.1. The van der Waals surface area contributed by atoms with Gasteiger partial charge in [0.15, 0.2) is 0 Å². The molecule has 1 aromatic carbocycles. The van der Waals surface area contributed by atoms with Crippen molar-refractivity contribution >= 4 is 0 Å². The monoisotopic (exact) mass is 274 g/mol. The van der Waals surface area contributed by atoms with Crippen LogP contribution in [0.15, 0.2) is 18.2 Å². The third-order valence-corrected chi connectivity index (χ3v) is 3.70. The number of ether oxygens (including phenoxy) is 2. The molecular weight excluding hydrogens is 252 g/mol. The summed E-state index contributed by atoms with van der Waals surface area (Å²) in [6, 6.07) is 5.74. The molecule has 0 aromatic heterocycles. The number of benzene rings is 1. The maximum Gasteiger partial charge on any atom is 0.119 e. The van der Waals surface area contributed by atoms with Crippen LogP contribution in [0.1, 0.15) is 36.8 Å². The van der Waals surface area contributed by atoms with Crippen LogP contribution < -0.4 is 4.74 Å². The van der Waals surface area contributed by atoms with E-state index in [9.17, 15) is 0 Å². The van der Waals surface area contributed by atoms with Gasteiger partial charge in [-0.1, -0.05) is 24.7 Å². The van der Waals surface area contributed by atoms with Gasteiger partial charge in [0.2, 0.25) is 0 Å². The molecule has 1 aliphatic rings. The molecule has 3 nitrogen and oxygen atoms in total. The molecule has 1 aromatic rings. The molecule has 0 unspecified atom stereocenters. The molecule has 108 valence electrons. The Morgan fingerprint density at radius 1 is 1.30 bits per heavy atom. The molecule has 20 heavy (non-hydrogen) atoms. The van der Waals surface area contributed by atoms with Crippen LogP contribution in [0.25, 0.3) is 0 Å². The van der Waals surface area contributed by atoms with Gasteiger partial charge in [-0.2, -0.15) is 0 Å². The van der Waals surface area contributed by atoms with Gasteiger partial charge in [-0.15, -0.1) is 0 Å². The number of hydrogen-bond acceptors (Lipinski definition) is 3. The van der Waals surface area contributed by atoms with E-state index in [2.05, 4.69) is 11.8 Å². The molecule has 0 heterocycles. The Labute approximate surface area is 120 Å². The highest BCUT2D eigenvalue weighted by Gasteiger charge is 2.15. The van der Waals surface area contributed by atoms with E-state index in [4.69, 9.17) is 14.6 Å². The third-order valence-electron chi connectivity index (χ3n) is 3.70. The second-order valence-corrected chi connectivity index (χ2v) is 5.15. The van der Waals surface area contributed by atoms with Crippen molar-refractivity contribution in [2.45, 2.75) is 32.3 Å². The predicted octanol–water partition coefficient (Wildman–Crippen LogP) is 2.75. The van der Waals surface area contributed by atoms with Gasteiger partial charge >= 0.3 is 0 Å². The van der Waals surface area contributed by atoms with Gasteiger partial charge in [0.25, 0.3) is 0 Å². The quantitative estimate of drug-likeness (QED) is 0.839. The lowest BCUT2D eigenvalue weighted by Crippen LogP contribution is -2.06. The first-order valence-electron chi connectivity index (χ1n) is 7.18. The van der Waals surface area contributed by atoms with E-state index in [1.54, 1.807) is 7.11 Å². The number of methoxy groups -OCH3 is 1. The Morgan fingerprint density at radius 3 is 2.80 bits per heavy atom. The Kier molecular flexibility index (Phi) is 5.91. The highest BCUT2D eigenvalue weighted by atomic mass is 16.5. The fourth-order valence-corrected chi connectivity index (χ4v) is 2.59. The number of rotatable bonds is 5.